The maximum Gasteiger partial charge on any atom is 0.308 e. The van der Waals surface area contributed by atoms with Gasteiger partial charge in [0.1, 0.15) is 12.8 Å². The number of carbonyl (C=O) groups excluding carboxylic acids is 1. The van der Waals surface area contributed by atoms with Crippen molar-refractivity contribution in [2.24, 2.45) is 5.92 Å². The molecule has 0 aromatic carbocycles. The number of hydrogen-bond acceptors (Lipinski definition) is 5. The van der Waals surface area contributed by atoms with Crippen LogP contribution in [0, 0.1) is 5.92 Å². The van der Waals surface area contributed by atoms with E-state index in [9.17, 15) is 9.18 Å². The maximum absolute atomic E-state index is 13.0. The number of alkyl halides is 1. The Labute approximate surface area is 125 Å². The summed E-state index contributed by atoms with van der Waals surface area (Å²) in [7, 11) is 1.65. The lowest BCUT2D eigenvalue weighted by molar-refractivity contribution is -0.151. The molecule has 1 saturated carbocycles. The first-order valence-electron chi connectivity index (χ1n) is 7.83. The molecule has 2 atom stereocenters. The van der Waals surface area contributed by atoms with Gasteiger partial charge in [0.2, 0.25) is 0 Å². The third kappa shape index (κ3) is 5.52. The molecule has 0 spiro atoms. The molecule has 1 heterocycles. The summed E-state index contributed by atoms with van der Waals surface area (Å²) < 4.78 is 28.9. The van der Waals surface area contributed by atoms with Crippen LogP contribution < -0.4 is 5.32 Å². The summed E-state index contributed by atoms with van der Waals surface area (Å²) in [5.74, 6) is -0.177. The van der Waals surface area contributed by atoms with Crippen molar-refractivity contribution in [3.05, 3.63) is 0 Å². The smallest absolute Gasteiger partial charge is 0.308 e. The second-order valence-electron chi connectivity index (χ2n) is 5.91. The highest BCUT2D eigenvalue weighted by Crippen LogP contribution is 2.27. The summed E-state index contributed by atoms with van der Waals surface area (Å²) in [5.41, 5.74) is 0. The van der Waals surface area contributed by atoms with Gasteiger partial charge in [-0.15, -0.1) is 0 Å². The Morgan fingerprint density at radius 2 is 2.00 bits per heavy atom. The molecule has 0 aromatic rings. The van der Waals surface area contributed by atoms with Crippen molar-refractivity contribution in [2.75, 3.05) is 33.5 Å². The minimum Gasteiger partial charge on any atom is -0.464 e. The monoisotopic (exact) mass is 303 g/mol. The van der Waals surface area contributed by atoms with Gasteiger partial charge in [0, 0.05) is 19.7 Å². The molecule has 2 rings (SSSR count). The Morgan fingerprint density at radius 1 is 1.24 bits per heavy atom. The van der Waals surface area contributed by atoms with Crippen LogP contribution in [0.4, 0.5) is 4.39 Å². The standard InChI is InChI=1S/C15H26FNO4/c1-19-6-7-20-14-4-2-11(3-5-14)15(18)21-10-13-8-12(16)9-17-13/h11-14,17H,2-10H2,1H3/t11?,12-,13-,14?/m0/s1. The molecule has 0 bridgehead atoms. The van der Waals surface area contributed by atoms with Gasteiger partial charge >= 0.3 is 5.97 Å². The van der Waals surface area contributed by atoms with E-state index in [1.54, 1.807) is 7.11 Å². The molecular formula is C15H26FNO4. The molecule has 2 fully saturated rings. The van der Waals surface area contributed by atoms with Crippen LogP contribution in [0.3, 0.4) is 0 Å². The van der Waals surface area contributed by atoms with E-state index >= 15 is 0 Å². The number of ether oxygens (including phenoxy) is 3. The maximum atomic E-state index is 13.0. The van der Waals surface area contributed by atoms with Gasteiger partial charge in [-0.05, 0) is 32.1 Å². The predicted octanol–water partition coefficient (Wildman–Crippen LogP) is 1.45. The van der Waals surface area contributed by atoms with Crippen LogP contribution in [0.5, 0.6) is 0 Å². The van der Waals surface area contributed by atoms with Gasteiger partial charge in [0.05, 0.1) is 25.2 Å². The van der Waals surface area contributed by atoms with Gasteiger partial charge in [0.25, 0.3) is 0 Å². The zero-order valence-corrected chi connectivity index (χ0v) is 12.7. The second-order valence-corrected chi connectivity index (χ2v) is 5.91. The lowest BCUT2D eigenvalue weighted by Gasteiger charge is -2.27. The van der Waals surface area contributed by atoms with Crippen molar-refractivity contribution >= 4 is 5.97 Å². The van der Waals surface area contributed by atoms with E-state index < -0.39 is 6.17 Å². The first-order chi connectivity index (χ1) is 10.2. The quantitative estimate of drug-likeness (QED) is 0.570. The van der Waals surface area contributed by atoms with Crippen LogP contribution in [0.25, 0.3) is 0 Å². The van der Waals surface area contributed by atoms with Crippen LogP contribution in [-0.2, 0) is 19.0 Å². The molecule has 0 unspecified atom stereocenters. The molecule has 21 heavy (non-hydrogen) atoms. The molecule has 1 saturated heterocycles. The molecule has 6 heteroatoms. The fourth-order valence-corrected chi connectivity index (χ4v) is 2.96. The lowest BCUT2D eigenvalue weighted by atomic mass is 9.87. The van der Waals surface area contributed by atoms with Crippen LogP contribution >= 0.6 is 0 Å². The number of carbonyl (C=O) groups is 1. The number of rotatable bonds is 7. The minimum absolute atomic E-state index is 0.0299. The van der Waals surface area contributed by atoms with Gasteiger partial charge in [-0.2, -0.15) is 0 Å². The van der Waals surface area contributed by atoms with Gasteiger partial charge in [-0.3, -0.25) is 4.79 Å². The zero-order chi connectivity index (χ0) is 15.1. The predicted molar refractivity (Wildman–Crippen MR) is 75.8 cm³/mol. The summed E-state index contributed by atoms with van der Waals surface area (Å²) in [6.07, 6.45) is 3.24. The first-order valence-corrected chi connectivity index (χ1v) is 7.83. The van der Waals surface area contributed by atoms with Gasteiger partial charge in [0.15, 0.2) is 0 Å². The average Bonchev–Trinajstić information content (AvgIpc) is 2.91. The molecule has 122 valence electrons. The van der Waals surface area contributed by atoms with Crippen molar-refractivity contribution in [1.82, 2.24) is 5.32 Å². The molecule has 0 radical (unpaired) electrons. The van der Waals surface area contributed by atoms with Gasteiger partial charge in [-0.1, -0.05) is 0 Å². The van der Waals surface area contributed by atoms with Crippen molar-refractivity contribution in [1.29, 1.82) is 0 Å². The van der Waals surface area contributed by atoms with Crippen LogP contribution in [0.15, 0.2) is 0 Å². The molecule has 0 aromatic heterocycles. The molecule has 2 aliphatic rings. The molecular weight excluding hydrogens is 277 g/mol. The summed E-state index contributed by atoms with van der Waals surface area (Å²) in [5, 5.41) is 3.02. The highest BCUT2D eigenvalue weighted by Gasteiger charge is 2.29. The third-order valence-electron chi connectivity index (χ3n) is 4.24. The average molecular weight is 303 g/mol. The Morgan fingerprint density at radius 3 is 2.62 bits per heavy atom. The van der Waals surface area contributed by atoms with Crippen LogP contribution in [0.1, 0.15) is 32.1 Å². The Balaban J connectivity index is 1.59. The number of nitrogens with one attached hydrogen (secondary N) is 1. The zero-order valence-electron chi connectivity index (χ0n) is 12.7. The van der Waals surface area contributed by atoms with E-state index in [2.05, 4.69) is 5.32 Å². The van der Waals surface area contributed by atoms with Crippen LogP contribution in [-0.4, -0.2) is 57.8 Å². The van der Waals surface area contributed by atoms with Crippen molar-refractivity contribution in [3.63, 3.8) is 0 Å². The SMILES string of the molecule is COCCOC1CCC(C(=O)OC[C@@H]2C[C@H](F)CN2)CC1. The van der Waals surface area contributed by atoms with Crippen molar-refractivity contribution < 1.29 is 23.4 Å². The Hall–Kier alpha value is -0.720. The highest BCUT2D eigenvalue weighted by molar-refractivity contribution is 5.72. The highest BCUT2D eigenvalue weighted by atomic mass is 19.1. The van der Waals surface area contributed by atoms with E-state index in [4.69, 9.17) is 14.2 Å². The summed E-state index contributed by atoms with van der Waals surface area (Å²) in [4.78, 5) is 12.0. The van der Waals surface area contributed by atoms with E-state index in [1.165, 1.54) is 0 Å². The number of methoxy groups -OCH3 is 1. The molecule has 1 aliphatic carbocycles. The Bertz CT molecular complexity index is 321. The van der Waals surface area contributed by atoms with E-state index in [0.717, 1.165) is 25.7 Å². The number of esters is 1. The topological polar surface area (TPSA) is 56.8 Å². The van der Waals surface area contributed by atoms with Crippen molar-refractivity contribution in [2.45, 2.75) is 50.4 Å². The molecule has 5 nitrogen and oxygen atoms in total. The van der Waals surface area contributed by atoms with Crippen molar-refractivity contribution in [3.8, 4) is 0 Å². The molecule has 1 aliphatic heterocycles. The second kappa shape index (κ2) is 8.66. The fourth-order valence-electron chi connectivity index (χ4n) is 2.96. The van der Waals surface area contributed by atoms with E-state index in [-0.39, 0.29) is 30.6 Å². The van der Waals surface area contributed by atoms with E-state index in [0.29, 0.717) is 26.2 Å². The van der Waals surface area contributed by atoms with Crippen LogP contribution in [0.2, 0.25) is 0 Å². The normalized spacial score (nSPS) is 33.0. The molecule has 0 amide bonds. The van der Waals surface area contributed by atoms with E-state index in [1.807, 2.05) is 0 Å². The van der Waals surface area contributed by atoms with Gasteiger partial charge < -0.3 is 19.5 Å². The van der Waals surface area contributed by atoms with Gasteiger partial charge in [-0.25, -0.2) is 4.39 Å². The first kappa shape index (κ1) is 16.6. The minimum atomic E-state index is -0.812. The summed E-state index contributed by atoms with van der Waals surface area (Å²) >= 11 is 0. The lowest BCUT2D eigenvalue weighted by Crippen LogP contribution is -2.32. The fraction of sp³-hybridized carbons (Fsp3) is 0.933. The summed E-state index contributed by atoms with van der Waals surface area (Å²) in [6, 6.07) is -0.0299. The largest absolute Gasteiger partial charge is 0.464 e. The number of halogens is 1. The molecule has 1 N–H and O–H groups in total. The summed E-state index contributed by atoms with van der Waals surface area (Å²) in [6.45, 7) is 1.86. The third-order valence-corrected chi connectivity index (χ3v) is 4.24. The Kier molecular flexibility index (Phi) is 6.86. The number of hydrogen-bond donors (Lipinski definition) is 1.